The van der Waals surface area contributed by atoms with Gasteiger partial charge in [-0.25, -0.2) is 0 Å². The first-order valence-corrected chi connectivity index (χ1v) is 6.91. The van der Waals surface area contributed by atoms with Crippen molar-refractivity contribution >= 4 is 11.9 Å². The molecule has 5 heteroatoms. The first-order chi connectivity index (χ1) is 8.79. The molecule has 0 aromatic heterocycles. The van der Waals surface area contributed by atoms with Crippen molar-refractivity contribution in [3.05, 3.63) is 0 Å². The Labute approximate surface area is 116 Å². The van der Waals surface area contributed by atoms with Gasteiger partial charge in [0.15, 0.2) is 0 Å². The molecule has 112 valence electrons. The van der Waals surface area contributed by atoms with Crippen molar-refractivity contribution in [2.24, 2.45) is 5.41 Å². The second-order valence-corrected chi connectivity index (χ2v) is 5.44. The minimum absolute atomic E-state index is 0.0788. The van der Waals surface area contributed by atoms with Crippen LogP contribution in [0.25, 0.3) is 0 Å². The van der Waals surface area contributed by atoms with Gasteiger partial charge in [0, 0.05) is 20.0 Å². The molecule has 5 nitrogen and oxygen atoms in total. The highest BCUT2D eigenvalue weighted by Gasteiger charge is 2.37. The van der Waals surface area contributed by atoms with Crippen LogP contribution in [0.2, 0.25) is 0 Å². The monoisotopic (exact) mass is 272 g/mol. The van der Waals surface area contributed by atoms with Crippen molar-refractivity contribution in [3.8, 4) is 0 Å². The molecule has 0 saturated carbocycles. The summed E-state index contributed by atoms with van der Waals surface area (Å²) >= 11 is 0. The van der Waals surface area contributed by atoms with Crippen molar-refractivity contribution in [2.45, 2.75) is 39.5 Å². The summed E-state index contributed by atoms with van der Waals surface area (Å²) in [6, 6.07) is 0. The fourth-order valence-corrected chi connectivity index (χ4v) is 2.05. The van der Waals surface area contributed by atoms with Crippen LogP contribution < -0.4 is 0 Å². The zero-order chi connectivity index (χ0) is 15.1. The second kappa shape index (κ2) is 8.15. The van der Waals surface area contributed by atoms with Gasteiger partial charge in [-0.15, -0.1) is 0 Å². The van der Waals surface area contributed by atoms with E-state index in [1.54, 1.807) is 11.9 Å². The summed E-state index contributed by atoms with van der Waals surface area (Å²) in [5.74, 6) is -0.947. The lowest BCUT2D eigenvalue weighted by Crippen LogP contribution is -2.38. The Balaban J connectivity index is 4.44. The van der Waals surface area contributed by atoms with Crippen molar-refractivity contribution in [1.29, 1.82) is 0 Å². The molecule has 0 atom stereocenters. The first kappa shape index (κ1) is 17.9. The number of carboxylic acid groups (broad SMARTS) is 1. The van der Waals surface area contributed by atoms with Gasteiger partial charge in [0.25, 0.3) is 0 Å². The van der Waals surface area contributed by atoms with Gasteiger partial charge in [0.2, 0.25) is 5.91 Å². The lowest BCUT2D eigenvalue weighted by Gasteiger charge is -2.28. The van der Waals surface area contributed by atoms with Gasteiger partial charge < -0.3 is 14.9 Å². The maximum absolute atomic E-state index is 12.1. The van der Waals surface area contributed by atoms with E-state index < -0.39 is 11.4 Å². The minimum Gasteiger partial charge on any atom is -0.481 e. The van der Waals surface area contributed by atoms with Crippen LogP contribution in [0.3, 0.4) is 0 Å². The quantitative estimate of drug-likeness (QED) is 0.693. The predicted molar refractivity (Wildman–Crippen MR) is 76.1 cm³/mol. The van der Waals surface area contributed by atoms with Crippen molar-refractivity contribution in [2.75, 3.05) is 34.2 Å². The molecular weight excluding hydrogens is 244 g/mol. The van der Waals surface area contributed by atoms with Gasteiger partial charge >= 0.3 is 5.97 Å². The molecular formula is C14H28N2O3. The van der Waals surface area contributed by atoms with Crippen molar-refractivity contribution in [3.63, 3.8) is 0 Å². The van der Waals surface area contributed by atoms with Crippen molar-refractivity contribution in [1.82, 2.24) is 9.80 Å². The van der Waals surface area contributed by atoms with E-state index in [1.165, 1.54) is 0 Å². The number of carboxylic acids is 1. The van der Waals surface area contributed by atoms with E-state index in [0.717, 1.165) is 13.0 Å². The Bertz CT molecular complexity index is 299. The van der Waals surface area contributed by atoms with E-state index in [-0.39, 0.29) is 12.3 Å². The lowest BCUT2D eigenvalue weighted by molar-refractivity contribution is -0.154. The summed E-state index contributed by atoms with van der Waals surface area (Å²) in [5.41, 5.74) is -0.910. The second-order valence-electron chi connectivity index (χ2n) is 5.44. The Kier molecular flexibility index (Phi) is 7.68. The molecule has 0 aliphatic rings. The fraction of sp³-hybridized carbons (Fsp3) is 0.857. The SMILES string of the molecule is CCC(CC)(CC(=O)N(C)CCCN(C)C)C(=O)O. The third kappa shape index (κ3) is 5.59. The number of amides is 1. The third-order valence-electron chi connectivity index (χ3n) is 3.82. The van der Waals surface area contributed by atoms with Gasteiger partial charge in [0.1, 0.15) is 0 Å². The molecule has 0 aliphatic carbocycles. The summed E-state index contributed by atoms with van der Waals surface area (Å²) in [6.07, 6.45) is 1.95. The standard InChI is InChI=1S/C14H28N2O3/c1-6-14(7-2,13(18)19)11-12(17)16(5)10-8-9-15(3)4/h6-11H2,1-5H3,(H,18,19). The normalized spacial score (nSPS) is 11.7. The summed E-state index contributed by atoms with van der Waals surface area (Å²) in [5, 5.41) is 9.33. The number of hydrogen-bond acceptors (Lipinski definition) is 3. The summed E-state index contributed by atoms with van der Waals surface area (Å²) in [6.45, 7) is 5.25. The van der Waals surface area contributed by atoms with Crippen LogP contribution in [-0.4, -0.2) is 61.0 Å². The molecule has 0 saturated heterocycles. The van der Waals surface area contributed by atoms with E-state index in [4.69, 9.17) is 0 Å². The predicted octanol–water partition coefficient (Wildman–Crippen LogP) is 1.68. The van der Waals surface area contributed by atoms with Gasteiger partial charge in [-0.2, -0.15) is 0 Å². The molecule has 1 amide bonds. The van der Waals surface area contributed by atoms with Crippen molar-refractivity contribution < 1.29 is 14.7 Å². The maximum Gasteiger partial charge on any atom is 0.310 e. The van der Waals surface area contributed by atoms with Gasteiger partial charge in [-0.1, -0.05) is 13.8 Å². The average molecular weight is 272 g/mol. The lowest BCUT2D eigenvalue weighted by atomic mass is 9.79. The van der Waals surface area contributed by atoms with Gasteiger partial charge in [-0.3, -0.25) is 9.59 Å². The summed E-state index contributed by atoms with van der Waals surface area (Å²) < 4.78 is 0. The molecule has 1 N–H and O–H groups in total. The Morgan fingerprint density at radius 1 is 1.05 bits per heavy atom. The minimum atomic E-state index is -0.910. The molecule has 0 aromatic rings. The van der Waals surface area contributed by atoms with Gasteiger partial charge in [0.05, 0.1) is 5.41 Å². The largest absolute Gasteiger partial charge is 0.481 e. The van der Waals surface area contributed by atoms with Gasteiger partial charge in [-0.05, 0) is 39.9 Å². The van der Waals surface area contributed by atoms with E-state index >= 15 is 0 Å². The highest BCUT2D eigenvalue weighted by Crippen LogP contribution is 2.31. The van der Waals surface area contributed by atoms with Crippen LogP contribution in [0.5, 0.6) is 0 Å². The third-order valence-corrected chi connectivity index (χ3v) is 3.82. The number of nitrogens with zero attached hydrogens (tertiary/aromatic N) is 2. The number of rotatable bonds is 9. The van der Waals surface area contributed by atoms with Crippen LogP contribution in [0, 0.1) is 5.41 Å². The topological polar surface area (TPSA) is 60.9 Å². The van der Waals surface area contributed by atoms with E-state index in [0.29, 0.717) is 19.4 Å². The van der Waals surface area contributed by atoms with Crippen LogP contribution in [0.1, 0.15) is 39.5 Å². The molecule has 0 heterocycles. The number of carbonyl (C=O) groups excluding carboxylic acids is 1. The number of aliphatic carboxylic acids is 1. The molecule has 0 rings (SSSR count). The number of carbonyl (C=O) groups is 2. The first-order valence-electron chi connectivity index (χ1n) is 6.91. The Morgan fingerprint density at radius 2 is 1.58 bits per heavy atom. The van der Waals surface area contributed by atoms with Crippen LogP contribution in [0.15, 0.2) is 0 Å². The van der Waals surface area contributed by atoms with E-state index in [9.17, 15) is 14.7 Å². The molecule has 0 aromatic carbocycles. The summed E-state index contributed by atoms with van der Waals surface area (Å²) in [4.78, 5) is 27.2. The van der Waals surface area contributed by atoms with Crippen LogP contribution in [0.4, 0.5) is 0 Å². The van der Waals surface area contributed by atoms with Crippen LogP contribution in [-0.2, 0) is 9.59 Å². The Hall–Kier alpha value is -1.10. The van der Waals surface area contributed by atoms with E-state index in [1.807, 2.05) is 27.9 Å². The average Bonchev–Trinajstić information content (AvgIpc) is 2.34. The molecule has 0 bridgehead atoms. The highest BCUT2D eigenvalue weighted by atomic mass is 16.4. The zero-order valence-electron chi connectivity index (χ0n) is 12.9. The summed E-state index contributed by atoms with van der Waals surface area (Å²) in [7, 11) is 5.73. The molecule has 19 heavy (non-hydrogen) atoms. The Morgan fingerprint density at radius 3 is 1.95 bits per heavy atom. The molecule has 0 unspecified atom stereocenters. The zero-order valence-corrected chi connectivity index (χ0v) is 12.9. The molecule has 0 fully saturated rings. The number of hydrogen-bond donors (Lipinski definition) is 1. The molecule has 0 spiro atoms. The molecule has 0 aliphatic heterocycles. The maximum atomic E-state index is 12.1. The highest BCUT2D eigenvalue weighted by molar-refractivity contribution is 5.84. The van der Waals surface area contributed by atoms with Crippen LogP contribution >= 0.6 is 0 Å². The van der Waals surface area contributed by atoms with E-state index in [2.05, 4.69) is 4.90 Å². The molecule has 0 radical (unpaired) electrons. The fourth-order valence-electron chi connectivity index (χ4n) is 2.05. The smallest absolute Gasteiger partial charge is 0.310 e.